The van der Waals surface area contributed by atoms with Gasteiger partial charge in [0.1, 0.15) is 0 Å². The molecule has 3 heterocycles. The largest absolute Gasteiger partial charge is 0.394 e. The van der Waals surface area contributed by atoms with Gasteiger partial charge in [-0.05, 0) is 64.6 Å². The van der Waals surface area contributed by atoms with Gasteiger partial charge in [-0.25, -0.2) is 0 Å². The molecule has 6 heteroatoms. The van der Waals surface area contributed by atoms with Crippen molar-refractivity contribution in [3.05, 3.63) is 0 Å². The Hall–Kier alpha value is -1.14. The number of amides is 2. The Morgan fingerprint density at radius 1 is 1.12 bits per heavy atom. The molecule has 0 saturated carbocycles. The number of carbonyl (C=O) groups is 2. The molecule has 3 rings (SSSR count). The van der Waals surface area contributed by atoms with Crippen LogP contribution in [0.15, 0.2) is 0 Å². The second kappa shape index (κ2) is 6.88. The minimum absolute atomic E-state index is 0.00651. The molecule has 25 heavy (non-hydrogen) atoms. The number of nitrogens with zero attached hydrogens (tertiary/aromatic N) is 3. The summed E-state index contributed by atoms with van der Waals surface area (Å²) in [6.07, 6.45) is 4.65. The van der Waals surface area contributed by atoms with E-state index in [-0.39, 0.29) is 23.8 Å². The van der Waals surface area contributed by atoms with E-state index in [9.17, 15) is 14.7 Å². The lowest BCUT2D eigenvalue weighted by molar-refractivity contribution is -0.139. The van der Waals surface area contributed by atoms with Crippen molar-refractivity contribution in [3.63, 3.8) is 0 Å². The van der Waals surface area contributed by atoms with Crippen LogP contribution in [0.25, 0.3) is 0 Å². The number of piperidine rings is 2. The Labute approximate surface area is 151 Å². The summed E-state index contributed by atoms with van der Waals surface area (Å²) in [6, 6.07) is 0. The first kappa shape index (κ1) is 18.6. The van der Waals surface area contributed by atoms with Crippen LogP contribution in [-0.2, 0) is 9.59 Å². The molecule has 3 fully saturated rings. The van der Waals surface area contributed by atoms with E-state index in [2.05, 4.69) is 11.9 Å². The van der Waals surface area contributed by atoms with E-state index in [1.54, 1.807) is 6.92 Å². The predicted molar refractivity (Wildman–Crippen MR) is 96.0 cm³/mol. The van der Waals surface area contributed by atoms with Crippen LogP contribution < -0.4 is 0 Å². The fraction of sp³-hybridized carbons (Fsp3) is 0.895. The number of carbonyl (C=O) groups excluding carboxylic acids is 2. The van der Waals surface area contributed by atoms with E-state index in [0.717, 1.165) is 64.8 Å². The van der Waals surface area contributed by atoms with Crippen LogP contribution in [0, 0.1) is 11.3 Å². The zero-order valence-corrected chi connectivity index (χ0v) is 16.0. The van der Waals surface area contributed by atoms with Crippen molar-refractivity contribution in [2.45, 2.75) is 51.5 Å². The van der Waals surface area contributed by atoms with Gasteiger partial charge in [-0.1, -0.05) is 0 Å². The summed E-state index contributed by atoms with van der Waals surface area (Å²) in [5.74, 6) is 0.554. The Balaban J connectivity index is 1.60. The van der Waals surface area contributed by atoms with Crippen molar-refractivity contribution in [1.29, 1.82) is 0 Å². The Kier molecular flexibility index (Phi) is 5.13. The topological polar surface area (TPSA) is 64.1 Å². The van der Waals surface area contributed by atoms with Crippen LogP contribution in [-0.4, -0.2) is 83.5 Å². The van der Waals surface area contributed by atoms with E-state index >= 15 is 0 Å². The maximum Gasteiger partial charge on any atom is 0.225 e. The molecule has 1 atom stereocenters. The summed E-state index contributed by atoms with van der Waals surface area (Å²) < 4.78 is 0. The number of rotatable bonds is 2. The first-order chi connectivity index (χ1) is 11.8. The van der Waals surface area contributed by atoms with Crippen LogP contribution in [0.5, 0.6) is 0 Å². The number of aliphatic hydroxyl groups excluding tert-OH is 1. The highest BCUT2D eigenvalue weighted by atomic mass is 16.3. The Morgan fingerprint density at radius 2 is 1.72 bits per heavy atom. The maximum absolute atomic E-state index is 12.8. The van der Waals surface area contributed by atoms with E-state index in [4.69, 9.17) is 0 Å². The third-order valence-corrected chi connectivity index (χ3v) is 6.83. The average molecular weight is 351 g/mol. The van der Waals surface area contributed by atoms with Crippen molar-refractivity contribution < 1.29 is 14.7 Å². The zero-order chi connectivity index (χ0) is 18.2. The highest BCUT2D eigenvalue weighted by molar-refractivity contribution is 5.79. The van der Waals surface area contributed by atoms with Crippen molar-refractivity contribution in [2.24, 2.45) is 11.3 Å². The van der Waals surface area contributed by atoms with E-state index in [0.29, 0.717) is 5.91 Å². The van der Waals surface area contributed by atoms with Crippen molar-refractivity contribution in [3.8, 4) is 0 Å². The van der Waals surface area contributed by atoms with Gasteiger partial charge in [0.25, 0.3) is 0 Å². The fourth-order valence-corrected chi connectivity index (χ4v) is 5.17. The molecule has 0 aromatic carbocycles. The van der Waals surface area contributed by atoms with Gasteiger partial charge in [-0.2, -0.15) is 0 Å². The lowest BCUT2D eigenvalue weighted by atomic mass is 9.74. The second-order valence-electron chi connectivity index (χ2n) is 8.84. The monoisotopic (exact) mass is 351 g/mol. The predicted octanol–water partition coefficient (Wildman–Crippen LogP) is 0.940. The average Bonchev–Trinajstić information content (AvgIpc) is 2.89. The van der Waals surface area contributed by atoms with E-state index < -0.39 is 5.54 Å². The molecule has 0 unspecified atom stereocenters. The number of aliphatic hydroxyl groups is 1. The molecule has 0 aliphatic carbocycles. The molecule has 0 bridgehead atoms. The smallest absolute Gasteiger partial charge is 0.225 e. The molecule has 3 saturated heterocycles. The summed E-state index contributed by atoms with van der Waals surface area (Å²) in [6.45, 7) is 7.90. The minimum Gasteiger partial charge on any atom is -0.394 e. The third-order valence-electron chi connectivity index (χ3n) is 6.83. The van der Waals surface area contributed by atoms with Crippen LogP contribution in [0.1, 0.15) is 46.0 Å². The number of hydrogen-bond acceptors (Lipinski definition) is 4. The molecule has 0 radical (unpaired) electrons. The van der Waals surface area contributed by atoms with Crippen LogP contribution >= 0.6 is 0 Å². The first-order valence-corrected chi connectivity index (χ1v) is 9.65. The summed E-state index contributed by atoms with van der Waals surface area (Å²) >= 11 is 0. The lowest BCUT2D eigenvalue weighted by Crippen LogP contribution is -2.48. The fourth-order valence-electron chi connectivity index (χ4n) is 5.17. The summed E-state index contributed by atoms with van der Waals surface area (Å²) in [5.41, 5.74) is -0.390. The van der Waals surface area contributed by atoms with Gasteiger partial charge in [0.2, 0.25) is 11.8 Å². The summed E-state index contributed by atoms with van der Waals surface area (Å²) in [5, 5.41) is 9.83. The standard InChI is InChI=1S/C19H33N3O3/c1-15(24)22-13-19(12-18(22,2)14-23)6-10-21(11-7-19)17(25)16-4-8-20(3)9-5-16/h16,23H,4-14H2,1-3H3/t18-/m0/s1. The molecule has 1 spiro atoms. The minimum atomic E-state index is -0.452. The van der Waals surface area contributed by atoms with Gasteiger partial charge in [0.15, 0.2) is 0 Å². The third kappa shape index (κ3) is 3.56. The van der Waals surface area contributed by atoms with Crippen molar-refractivity contribution >= 4 is 11.8 Å². The number of likely N-dealkylation sites (tertiary alicyclic amines) is 3. The molecule has 3 aliphatic rings. The van der Waals surface area contributed by atoms with Crippen molar-refractivity contribution in [2.75, 3.05) is 46.4 Å². The van der Waals surface area contributed by atoms with Crippen LogP contribution in [0.2, 0.25) is 0 Å². The summed E-state index contributed by atoms with van der Waals surface area (Å²) in [4.78, 5) is 31.0. The van der Waals surface area contributed by atoms with E-state index in [1.807, 2.05) is 16.7 Å². The molecule has 3 aliphatic heterocycles. The van der Waals surface area contributed by atoms with Crippen molar-refractivity contribution in [1.82, 2.24) is 14.7 Å². The van der Waals surface area contributed by atoms with Gasteiger partial charge in [-0.3, -0.25) is 9.59 Å². The molecular weight excluding hydrogens is 318 g/mol. The van der Waals surface area contributed by atoms with Crippen LogP contribution in [0.3, 0.4) is 0 Å². The highest BCUT2D eigenvalue weighted by Crippen LogP contribution is 2.48. The molecule has 2 amide bonds. The molecule has 142 valence electrons. The molecule has 6 nitrogen and oxygen atoms in total. The normalized spacial score (nSPS) is 30.9. The SMILES string of the molecule is CC(=O)N1CC2(CCN(C(=O)C3CCN(C)CC3)CC2)C[C@@]1(C)CO. The lowest BCUT2D eigenvalue weighted by Gasteiger charge is -2.41. The first-order valence-electron chi connectivity index (χ1n) is 9.65. The Bertz CT molecular complexity index is 522. The quantitative estimate of drug-likeness (QED) is 0.804. The molecule has 1 N–H and O–H groups in total. The molecule has 0 aromatic rings. The van der Waals surface area contributed by atoms with Gasteiger partial charge >= 0.3 is 0 Å². The Morgan fingerprint density at radius 3 is 2.20 bits per heavy atom. The van der Waals surface area contributed by atoms with Gasteiger partial charge < -0.3 is 19.8 Å². The van der Waals surface area contributed by atoms with E-state index in [1.165, 1.54) is 0 Å². The zero-order valence-electron chi connectivity index (χ0n) is 16.0. The molecular formula is C19H33N3O3. The summed E-state index contributed by atoms with van der Waals surface area (Å²) in [7, 11) is 2.12. The maximum atomic E-state index is 12.8. The van der Waals surface area contributed by atoms with Crippen LogP contribution in [0.4, 0.5) is 0 Å². The number of hydrogen-bond donors (Lipinski definition) is 1. The van der Waals surface area contributed by atoms with Gasteiger partial charge in [0.05, 0.1) is 12.1 Å². The second-order valence-corrected chi connectivity index (χ2v) is 8.84. The van der Waals surface area contributed by atoms with Gasteiger partial charge in [0, 0.05) is 32.5 Å². The molecule has 0 aromatic heterocycles. The van der Waals surface area contributed by atoms with Gasteiger partial charge in [-0.15, -0.1) is 0 Å². The highest BCUT2D eigenvalue weighted by Gasteiger charge is 2.52.